The Morgan fingerprint density at radius 2 is 1.69 bits per heavy atom. The third-order valence-corrected chi connectivity index (χ3v) is 9.84. The molecule has 2 aliphatic heterocycles. The fourth-order valence-electron chi connectivity index (χ4n) is 7.19. The molecule has 2 atom stereocenters. The molecule has 0 unspecified atom stereocenters. The quantitative estimate of drug-likeness (QED) is 0.219. The van der Waals surface area contributed by atoms with Gasteiger partial charge in [0.1, 0.15) is 17.7 Å². The maximum absolute atomic E-state index is 12.3. The average Bonchev–Trinajstić information content (AvgIpc) is 3.79. The van der Waals surface area contributed by atoms with E-state index in [2.05, 4.69) is 42.9 Å². The number of methoxy groups -OCH3 is 1. The first-order valence-electron chi connectivity index (χ1n) is 15.3. The van der Waals surface area contributed by atoms with Crippen molar-refractivity contribution in [3.8, 4) is 12.1 Å². The number of carbonyl (C=O) groups excluding carboxylic acids is 1. The Bertz CT molecular complexity index is 2080. The number of allylic oxidation sites excluding steroid dienone is 4. The third-order valence-electron chi connectivity index (χ3n) is 9.84. The Hall–Kier alpha value is -4.99. The average molecular weight is 601 g/mol. The number of aliphatic hydroxyl groups excluding tert-OH is 1. The number of esters is 1. The van der Waals surface area contributed by atoms with Crippen molar-refractivity contribution in [2.24, 2.45) is 0 Å². The molecule has 0 radical (unpaired) electrons. The molecule has 0 amide bonds. The van der Waals surface area contributed by atoms with E-state index in [4.69, 9.17) is 14.7 Å². The molecule has 45 heavy (non-hydrogen) atoms. The van der Waals surface area contributed by atoms with E-state index in [-0.39, 0.29) is 36.4 Å². The predicted octanol–water partition coefficient (Wildman–Crippen LogP) is 6.66. The van der Waals surface area contributed by atoms with Gasteiger partial charge in [0, 0.05) is 69.1 Å². The number of nitrogens with one attached hydrogen (secondary N) is 2. The molecule has 3 N–H and O–H groups in total. The minimum atomic E-state index is -0.286. The van der Waals surface area contributed by atoms with Gasteiger partial charge in [0.2, 0.25) is 0 Å². The predicted molar refractivity (Wildman–Crippen MR) is 173 cm³/mol. The minimum absolute atomic E-state index is 0.0366. The number of carbonyl (C=O) groups is 1. The molecule has 3 aromatic rings. The van der Waals surface area contributed by atoms with E-state index < -0.39 is 0 Å². The number of nitrogens with zero attached hydrogens (tertiary/aromatic N) is 4. The minimum Gasteiger partial charge on any atom is -0.469 e. The van der Waals surface area contributed by atoms with E-state index in [1.165, 1.54) is 12.7 Å². The molecule has 0 saturated heterocycles. The van der Waals surface area contributed by atoms with E-state index in [9.17, 15) is 20.4 Å². The van der Waals surface area contributed by atoms with Crippen LogP contribution in [-0.2, 0) is 29.0 Å². The number of H-pyrrole nitrogens is 2. The monoisotopic (exact) mass is 600 g/mol. The van der Waals surface area contributed by atoms with Crippen LogP contribution in [0.4, 0.5) is 0 Å². The van der Waals surface area contributed by atoms with Crippen LogP contribution >= 0.6 is 0 Å². The fraction of sp³-hybridized carbons (Fsp3) is 0.361. The summed E-state index contributed by atoms with van der Waals surface area (Å²) in [6.07, 6.45) is 1.93. The first-order chi connectivity index (χ1) is 21.6. The van der Waals surface area contributed by atoms with Crippen molar-refractivity contribution in [1.82, 2.24) is 19.9 Å². The van der Waals surface area contributed by atoms with Gasteiger partial charge in [-0.3, -0.25) is 9.78 Å². The number of aryl methyl sites for hydroxylation is 3. The summed E-state index contributed by atoms with van der Waals surface area (Å²) in [5.74, 6) is -0.431. The maximum atomic E-state index is 12.3. The summed E-state index contributed by atoms with van der Waals surface area (Å²) in [6.45, 7) is 10.2. The zero-order chi connectivity index (χ0) is 32.2. The number of ether oxygens (including phenoxy) is 1. The normalized spacial score (nSPS) is 17.0. The van der Waals surface area contributed by atoms with Crippen molar-refractivity contribution in [1.29, 1.82) is 10.5 Å². The zero-order valence-corrected chi connectivity index (χ0v) is 26.5. The highest BCUT2D eigenvalue weighted by Gasteiger charge is 2.38. The number of fused-ring (bicyclic) bond motifs is 8. The lowest BCUT2D eigenvalue weighted by atomic mass is 9.85. The van der Waals surface area contributed by atoms with Crippen LogP contribution in [0.15, 0.2) is 29.3 Å². The number of aromatic amines is 2. The lowest BCUT2D eigenvalue weighted by molar-refractivity contribution is -0.140. The van der Waals surface area contributed by atoms with Gasteiger partial charge < -0.3 is 19.8 Å². The van der Waals surface area contributed by atoms with Crippen molar-refractivity contribution in [2.45, 2.75) is 78.7 Å². The fourth-order valence-corrected chi connectivity index (χ4v) is 7.19. The molecule has 3 aromatic heterocycles. The summed E-state index contributed by atoms with van der Waals surface area (Å²) >= 11 is 0. The number of nitriles is 2. The van der Waals surface area contributed by atoms with Crippen LogP contribution in [0.1, 0.15) is 96.0 Å². The van der Waals surface area contributed by atoms with Crippen LogP contribution in [0.25, 0.3) is 33.2 Å². The molecular formula is C36H36N6O3. The Kier molecular flexibility index (Phi) is 7.68. The van der Waals surface area contributed by atoms with E-state index in [0.717, 1.165) is 84.7 Å². The number of aliphatic hydroxyl groups is 1. The number of hydrogen-bond acceptors (Lipinski definition) is 7. The number of aromatic nitrogens is 4. The highest BCUT2D eigenvalue weighted by Crippen LogP contribution is 2.49. The first-order valence-corrected chi connectivity index (χ1v) is 15.3. The Morgan fingerprint density at radius 1 is 1.02 bits per heavy atom. The Balaban J connectivity index is 1.79. The summed E-state index contributed by atoms with van der Waals surface area (Å²) in [4.78, 5) is 29.8. The molecule has 1 aliphatic carbocycles. The number of rotatable bonds is 5. The molecule has 0 saturated carbocycles. The second-order valence-corrected chi connectivity index (χ2v) is 12.1. The summed E-state index contributed by atoms with van der Waals surface area (Å²) in [5.41, 5.74) is 14.2. The largest absolute Gasteiger partial charge is 0.469 e. The summed E-state index contributed by atoms with van der Waals surface area (Å²) in [6, 6.07) is 10.4. The van der Waals surface area contributed by atoms with Gasteiger partial charge in [-0.1, -0.05) is 13.8 Å². The lowest BCUT2D eigenvalue weighted by Crippen LogP contribution is -2.09. The van der Waals surface area contributed by atoms with Crippen molar-refractivity contribution in [3.05, 3.63) is 79.9 Å². The number of hydrogen-bond donors (Lipinski definition) is 3. The second-order valence-electron chi connectivity index (χ2n) is 12.1. The molecular weight excluding hydrogens is 564 g/mol. The molecule has 5 heterocycles. The van der Waals surface area contributed by atoms with Gasteiger partial charge in [0.25, 0.3) is 0 Å². The first kappa shape index (κ1) is 30.1. The third kappa shape index (κ3) is 4.75. The van der Waals surface area contributed by atoms with Crippen LogP contribution in [-0.4, -0.2) is 38.1 Å². The molecule has 0 fully saturated rings. The molecule has 228 valence electrons. The summed E-state index contributed by atoms with van der Waals surface area (Å²) in [5, 5.41) is 30.3. The maximum Gasteiger partial charge on any atom is 0.305 e. The SMILES string of the molecule is CCc1c(C)c2cc3[nH]c(cc4nc(c5c6nc(cc1[nH]2)C(C)=C6C(=C(C#N)C#N)C5)[C@@H](CCC(=O)OC)[C@@H]4C)c(C)c3CO. The molecule has 0 aromatic carbocycles. The molecule has 6 rings (SSSR count). The van der Waals surface area contributed by atoms with E-state index in [1.54, 1.807) is 0 Å². The van der Waals surface area contributed by atoms with Crippen molar-refractivity contribution in [2.75, 3.05) is 7.11 Å². The smallest absolute Gasteiger partial charge is 0.305 e. The van der Waals surface area contributed by atoms with Crippen LogP contribution in [0.3, 0.4) is 0 Å². The van der Waals surface area contributed by atoms with Crippen LogP contribution in [0.2, 0.25) is 0 Å². The van der Waals surface area contributed by atoms with Crippen molar-refractivity contribution >= 4 is 39.2 Å². The molecule has 3 aliphatic rings. The Morgan fingerprint density at radius 3 is 2.33 bits per heavy atom. The van der Waals surface area contributed by atoms with Gasteiger partial charge in [-0.05, 0) is 79.6 Å². The Labute approximate surface area is 261 Å². The summed E-state index contributed by atoms with van der Waals surface area (Å²) < 4.78 is 4.98. The highest BCUT2D eigenvalue weighted by molar-refractivity contribution is 6.04. The van der Waals surface area contributed by atoms with Gasteiger partial charge in [0.15, 0.2) is 0 Å². The van der Waals surface area contributed by atoms with Crippen LogP contribution in [0.5, 0.6) is 0 Å². The van der Waals surface area contributed by atoms with E-state index >= 15 is 0 Å². The lowest BCUT2D eigenvalue weighted by Gasteiger charge is -2.16. The van der Waals surface area contributed by atoms with Crippen molar-refractivity contribution < 1.29 is 14.6 Å². The molecule has 9 nitrogen and oxygen atoms in total. The highest BCUT2D eigenvalue weighted by atomic mass is 16.5. The van der Waals surface area contributed by atoms with Crippen molar-refractivity contribution in [3.63, 3.8) is 0 Å². The van der Waals surface area contributed by atoms with Crippen LogP contribution < -0.4 is 0 Å². The summed E-state index contributed by atoms with van der Waals surface area (Å²) in [7, 11) is 1.39. The van der Waals surface area contributed by atoms with Gasteiger partial charge >= 0.3 is 5.97 Å². The molecule has 9 heteroatoms. The zero-order valence-electron chi connectivity index (χ0n) is 26.5. The van der Waals surface area contributed by atoms with E-state index in [1.807, 2.05) is 32.0 Å². The standard InChI is InChI=1S/C36H36N6O3/c1-7-22-17(2)28-12-32-26(16-43)19(4)27(40-32)11-29-18(3)23(8-9-33(44)45-6)35(41-29)25-10-24(21(14-37)15-38)34-20(5)30(42-36(25)34)13-31(22)39-28/h11-13,18,23,39-40,43H,7-10,16H2,1-6H3/t18-,23-/m0/s1. The van der Waals surface area contributed by atoms with E-state index in [0.29, 0.717) is 18.4 Å². The second kappa shape index (κ2) is 11.5. The topological polar surface area (TPSA) is 151 Å². The van der Waals surface area contributed by atoms with Crippen LogP contribution in [0, 0.1) is 36.5 Å². The van der Waals surface area contributed by atoms with Gasteiger partial charge in [0.05, 0.1) is 30.8 Å². The molecule has 0 spiro atoms. The van der Waals surface area contributed by atoms with Gasteiger partial charge in [-0.15, -0.1) is 0 Å². The van der Waals surface area contributed by atoms with Gasteiger partial charge in [-0.2, -0.15) is 10.5 Å². The molecule has 8 bridgehead atoms. The van der Waals surface area contributed by atoms with Gasteiger partial charge in [-0.25, -0.2) is 4.98 Å².